The molecule has 0 aliphatic carbocycles. The van der Waals surface area contributed by atoms with Crippen molar-refractivity contribution < 1.29 is 24.2 Å². The quantitative estimate of drug-likeness (QED) is 0.261. The lowest BCUT2D eigenvalue weighted by Crippen LogP contribution is -2.35. The molecule has 1 saturated heterocycles. The van der Waals surface area contributed by atoms with Crippen LogP contribution in [-0.4, -0.2) is 71.8 Å². The number of esters is 1. The number of methoxy groups -OCH3 is 1. The standard InChI is InChI=1S/C25H25N3O5/c1-27(2)12-13-28-21(15-8-10-16(11-9-15)25(32)33-3)20(23(30)24(28)31)22(29)18-14-26-19-7-5-4-6-17(18)19/h4-11,14,21,26,29H,12-13H2,1-3H3/b22-20+. The zero-order valence-electron chi connectivity index (χ0n) is 18.7. The Morgan fingerprint density at radius 2 is 1.82 bits per heavy atom. The molecule has 0 radical (unpaired) electrons. The first-order chi connectivity index (χ1) is 15.8. The van der Waals surface area contributed by atoms with Gasteiger partial charge in [0.05, 0.1) is 24.3 Å². The molecule has 0 spiro atoms. The molecule has 1 aromatic heterocycles. The van der Waals surface area contributed by atoms with Crippen LogP contribution < -0.4 is 0 Å². The first kappa shape index (κ1) is 22.3. The fraction of sp³-hybridized carbons (Fsp3) is 0.240. The number of hydrogen-bond acceptors (Lipinski definition) is 6. The number of carbonyl (C=O) groups is 3. The van der Waals surface area contributed by atoms with Crippen molar-refractivity contribution in [2.45, 2.75) is 6.04 Å². The van der Waals surface area contributed by atoms with Crippen molar-refractivity contribution in [2.24, 2.45) is 0 Å². The molecule has 1 amide bonds. The number of likely N-dealkylation sites (tertiary alicyclic amines) is 1. The summed E-state index contributed by atoms with van der Waals surface area (Å²) >= 11 is 0. The molecule has 8 heteroatoms. The highest BCUT2D eigenvalue weighted by Crippen LogP contribution is 2.40. The summed E-state index contributed by atoms with van der Waals surface area (Å²) in [5, 5.41) is 12.0. The number of aliphatic hydroxyl groups excluding tert-OH is 1. The number of ether oxygens (including phenoxy) is 1. The molecule has 2 heterocycles. The number of amides is 1. The summed E-state index contributed by atoms with van der Waals surface area (Å²) in [5.74, 6) is -2.12. The fourth-order valence-corrected chi connectivity index (χ4v) is 4.10. The first-order valence-electron chi connectivity index (χ1n) is 10.5. The van der Waals surface area contributed by atoms with Gasteiger partial charge in [-0.25, -0.2) is 4.79 Å². The SMILES string of the molecule is COC(=O)c1ccc(C2/C(=C(\O)c3c[nH]c4ccccc34)C(=O)C(=O)N2CCN(C)C)cc1. The highest BCUT2D eigenvalue weighted by molar-refractivity contribution is 6.46. The normalized spacial score (nSPS) is 17.8. The van der Waals surface area contributed by atoms with Gasteiger partial charge in [0.2, 0.25) is 0 Å². The topological polar surface area (TPSA) is 103 Å². The largest absolute Gasteiger partial charge is 0.507 e. The van der Waals surface area contributed by atoms with Crippen LogP contribution in [-0.2, 0) is 14.3 Å². The molecule has 2 aromatic carbocycles. The Kier molecular flexibility index (Phi) is 6.02. The van der Waals surface area contributed by atoms with E-state index in [9.17, 15) is 19.5 Å². The number of aliphatic hydroxyl groups is 1. The number of aromatic amines is 1. The average molecular weight is 447 g/mol. The number of H-pyrrole nitrogens is 1. The smallest absolute Gasteiger partial charge is 0.337 e. The molecule has 1 atom stereocenters. The number of carbonyl (C=O) groups excluding carboxylic acids is 3. The maximum atomic E-state index is 13.1. The maximum absolute atomic E-state index is 13.1. The van der Waals surface area contributed by atoms with Crippen LogP contribution in [0.3, 0.4) is 0 Å². The number of nitrogens with one attached hydrogen (secondary N) is 1. The number of aromatic nitrogens is 1. The van der Waals surface area contributed by atoms with E-state index in [1.165, 1.54) is 12.0 Å². The molecule has 1 fully saturated rings. The van der Waals surface area contributed by atoms with Crippen molar-refractivity contribution in [2.75, 3.05) is 34.3 Å². The minimum Gasteiger partial charge on any atom is -0.507 e. The van der Waals surface area contributed by atoms with Gasteiger partial charge in [0.15, 0.2) is 0 Å². The summed E-state index contributed by atoms with van der Waals surface area (Å²) in [7, 11) is 5.05. The molecule has 3 aromatic rings. The van der Waals surface area contributed by atoms with E-state index >= 15 is 0 Å². The predicted molar refractivity (Wildman–Crippen MR) is 124 cm³/mol. The molecule has 170 valence electrons. The molecular weight excluding hydrogens is 422 g/mol. The maximum Gasteiger partial charge on any atom is 0.337 e. The Labute approximate surface area is 191 Å². The van der Waals surface area contributed by atoms with Gasteiger partial charge in [0.1, 0.15) is 5.76 Å². The van der Waals surface area contributed by atoms with E-state index in [-0.39, 0.29) is 11.3 Å². The van der Waals surface area contributed by atoms with Gasteiger partial charge >= 0.3 is 5.97 Å². The lowest BCUT2D eigenvalue weighted by molar-refractivity contribution is -0.140. The Hall–Kier alpha value is -3.91. The summed E-state index contributed by atoms with van der Waals surface area (Å²) in [6, 6.07) is 13.1. The summed E-state index contributed by atoms with van der Waals surface area (Å²) < 4.78 is 4.76. The van der Waals surface area contributed by atoms with E-state index in [0.29, 0.717) is 29.8 Å². The summed E-state index contributed by atoms with van der Waals surface area (Å²) in [5.41, 5.74) is 2.24. The summed E-state index contributed by atoms with van der Waals surface area (Å²) in [6.07, 6.45) is 1.63. The Balaban J connectivity index is 1.86. The van der Waals surface area contributed by atoms with Crippen LogP contribution in [0.5, 0.6) is 0 Å². The third-order valence-corrected chi connectivity index (χ3v) is 5.82. The number of benzene rings is 2. The first-order valence-corrected chi connectivity index (χ1v) is 10.5. The van der Waals surface area contributed by atoms with Gasteiger partial charge in [-0.3, -0.25) is 9.59 Å². The van der Waals surface area contributed by atoms with Crippen LogP contribution in [0.15, 0.2) is 60.3 Å². The van der Waals surface area contributed by atoms with E-state index in [1.54, 1.807) is 30.5 Å². The van der Waals surface area contributed by atoms with E-state index in [0.717, 1.165) is 10.9 Å². The predicted octanol–water partition coefficient (Wildman–Crippen LogP) is 2.94. The van der Waals surface area contributed by atoms with Crippen molar-refractivity contribution in [1.29, 1.82) is 0 Å². The lowest BCUT2D eigenvalue weighted by Gasteiger charge is -2.26. The second kappa shape index (κ2) is 8.91. The van der Waals surface area contributed by atoms with Crippen molar-refractivity contribution in [3.05, 3.63) is 77.0 Å². The number of para-hydroxylation sites is 1. The molecule has 1 aliphatic heterocycles. The molecule has 33 heavy (non-hydrogen) atoms. The molecule has 8 nitrogen and oxygen atoms in total. The van der Waals surface area contributed by atoms with Crippen molar-refractivity contribution in [3.63, 3.8) is 0 Å². The van der Waals surface area contributed by atoms with Crippen molar-refractivity contribution in [3.8, 4) is 0 Å². The minimum absolute atomic E-state index is 0.0225. The average Bonchev–Trinajstić information content (AvgIpc) is 3.36. The molecule has 4 rings (SSSR count). The van der Waals surface area contributed by atoms with Gasteiger partial charge in [-0.2, -0.15) is 0 Å². The van der Waals surface area contributed by atoms with Gasteiger partial charge in [-0.05, 0) is 37.9 Å². The zero-order valence-corrected chi connectivity index (χ0v) is 18.7. The number of rotatable bonds is 6. The minimum atomic E-state index is -0.787. The van der Waals surface area contributed by atoms with Crippen LogP contribution in [0.4, 0.5) is 0 Å². The fourth-order valence-electron chi connectivity index (χ4n) is 4.10. The third-order valence-electron chi connectivity index (χ3n) is 5.82. The van der Waals surface area contributed by atoms with Gasteiger partial charge in [0.25, 0.3) is 11.7 Å². The lowest BCUT2D eigenvalue weighted by atomic mass is 9.94. The number of nitrogens with zero attached hydrogens (tertiary/aromatic N) is 2. The second-order valence-corrected chi connectivity index (χ2v) is 8.16. The molecule has 1 unspecified atom stereocenters. The Morgan fingerprint density at radius 3 is 2.48 bits per heavy atom. The van der Waals surface area contributed by atoms with Crippen molar-refractivity contribution >= 4 is 34.3 Å². The number of fused-ring (bicyclic) bond motifs is 1. The third kappa shape index (κ3) is 4.01. The molecule has 1 aliphatic rings. The Bertz CT molecular complexity index is 1260. The zero-order chi connectivity index (χ0) is 23.7. The van der Waals surface area contributed by atoms with E-state index in [2.05, 4.69) is 4.98 Å². The van der Waals surface area contributed by atoms with Crippen LogP contribution in [0.25, 0.3) is 16.7 Å². The molecule has 0 bridgehead atoms. The van der Waals surface area contributed by atoms with Gasteiger partial charge in [-0.15, -0.1) is 0 Å². The van der Waals surface area contributed by atoms with Crippen LogP contribution >= 0.6 is 0 Å². The summed E-state index contributed by atoms with van der Waals surface area (Å²) in [4.78, 5) is 44.4. The van der Waals surface area contributed by atoms with Crippen LogP contribution in [0, 0.1) is 0 Å². The highest BCUT2D eigenvalue weighted by Gasteiger charge is 2.46. The van der Waals surface area contributed by atoms with Gasteiger partial charge < -0.3 is 24.6 Å². The molecule has 0 saturated carbocycles. The highest BCUT2D eigenvalue weighted by atomic mass is 16.5. The number of hydrogen-bond donors (Lipinski definition) is 2. The second-order valence-electron chi connectivity index (χ2n) is 8.16. The van der Waals surface area contributed by atoms with E-state index in [1.807, 2.05) is 43.3 Å². The Morgan fingerprint density at radius 1 is 1.12 bits per heavy atom. The van der Waals surface area contributed by atoms with E-state index in [4.69, 9.17) is 4.74 Å². The van der Waals surface area contributed by atoms with E-state index < -0.39 is 23.7 Å². The molecule has 2 N–H and O–H groups in total. The number of ketones is 1. The monoisotopic (exact) mass is 447 g/mol. The van der Waals surface area contributed by atoms with Crippen LogP contribution in [0.1, 0.15) is 27.5 Å². The van der Waals surface area contributed by atoms with Crippen LogP contribution in [0.2, 0.25) is 0 Å². The number of likely N-dealkylation sites (N-methyl/N-ethyl adjacent to an activating group) is 1. The van der Waals surface area contributed by atoms with Gasteiger partial charge in [0, 0.05) is 35.8 Å². The van der Waals surface area contributed by atoms with Crippen molar-refractivity contribution in [1.82, 2.24) is 14.8 Å². The summed E-state index contributed by atoms with van der Waals surface area (Å²) in [6.45, 7) is 0.836. The molecular formula is C25H25N3O5. The van der Waals surface area contributed by atoms with Gasteiger partial charge in [-0.1, -0.05) is 30.3 Å². The number of Topliss-reactive ketones (excluding diaryl/α,β-unsaturated/α-hetero) is 1.